The van der Waals surface area contributed by atoms with Crippen molar-refractivity contribution < 1.29 is 14.0 Å². The lowest BCUT2D eigenvalue weighted by molar-refractivity contribution is -0.119. The van der Waals surface area contributed by atoms with Crippen LogP contribution in [0.1, 0.15) is 42.8 Å². The maximum atomic E-state index is 14.0. The van der Waals surface area contributed by atoms with E-state index in [1.54, 1.807) is 16.1 Å². The van der Waals surface area contributed by atoms with Crippen molar-refractivity contribution in [3.8, 4) is 5.69 Å². The van der Waals surface area contributed by atoms with Gasteiger partial charge in [-0.1, -0.05) is 43.2 Å². The van der Waals surface area contributed by atoms with Gasteiger partial charge in [-0.2, -0.15) is 0 Å². The molecule has 1 aliphatic rings. The minimum atomic E-state index is -0.439. The standard InChI is InChI=1S/C29H30N4O3/c1-3-4-17-31(29(35)30-22-15-13-21(2)14-16-22)20-27(34)33-24-10-6-5-9-23(24)32-18-7-11-25(32)28(33)26-12-8-19-36-26/h5-16,18-19,28H,3-4,17,20H2,1-2H3,(H,30,35). The summed E-state index contributed by atoms with van der Waals surface area (Å²) in [5, 5.41) is 2.95. The molecule has 1 N–H and O–H groups in total. The number of fused-ring (bicyclic) bond motifs is 3. The minimum Gasteiger partial charge on any atom is -0.467 e. The monoisotopic (exact) mass is 482 g/mol. The molecule has 2 aromatic carbocycles. The maximum Gasteiger partial charge on any atom is 0.322 e. The molecule has 1 aliphatic heterocycles. The molecule has 184 valence electrons. The number of carbonyl (C=O) groups is 2. The number of rotatable bonds is 7. The van der Waals surface area contributed by atoms with Gasteiger partial charge >= 0.3 is 6.03 Å². The number of aromatic nitrogens is 1. The van der Waals surface area contributed by atoms with Gasteiger partial charge in [-0.05, 0) is 61.9 Å². The van der Waals surface area contributed by atoms with Crippen LogP contribution in [-0.4, -0.2) is 34.5 Å². The molecule has 2 aromatic heterocycles. The van der Waals surface area contributed by atoms with Crippen LogP contribution in [0.25, 0.3) is 5.69 Å². The van der Waals surface area contributed by atoms with E-state index in [2.05, 4.69) is 16.8 Å². The van der Waals surface area contributed by atoms with E-state index in [0.29, 0.717) is 18.0 Å². The highest BCUT2D eigenvalue weighted by atomic mass is 16.3. The normalized spacial score (nSPS) is 14.2. The predicted octanol–water partition coefficient (Wildman–Crippen LogP) is 6.15. The summed E-state index contributed by atoms with van der Waals surface area (Å²) in [6, 6.07) is 22.4. The van der Waals surface area contributed by atoms with Crippen LogP contribution in [0.5, 0.6) is 0 Å². The molecule has 0 spiro atoms. The molecule has 0 aliphatic carbocycles. The Labute approximate surface area is 210 Å². The molecular formula is C29H30N4O3. The Hall–Kier alpha value is -4.26. The first-order valence-electron chi connectivity index (χ1n) is 12.3. The first kappa shape index (κ1) is 23.5. The number of furan rings is 1. The molecular weight excluding hydrogens is 452 g/mol. The van der Waals surface area contributed by atoms with Gasteiger partial charge in [0.25, 0.3) is 0 Å². The van der Waals surface area contributed by atoms with Gasteiger partial charge in [0, 0.05) is 18.4 Å². The van der Waals surface area contributed by atoms with Gasteiger partial charge in [0.15, 0.2) is 0 Å². The number of unbranched alkanes of at least 4 members (excludes halogenated alkanes) is 1. The van der Waals surface area contributed by atoms with Gasteiger partial charge in [0.05, 0.1) is 23.3 Å². The quantitative estimate of drug-likeness (QED) is 0.343. The van der Waals surface area contributed by atoms with Crippen molar-refractivity contribution in [1.82, 2.24) is 9.47 Å². The molecule has 1 unspecified atom stereocenters. The van der Waals surface area contributed by atoms with E-state index in [-0.39, 0.29) is 18.5 Å². The topological polar surface area (TPSA) is 70.7 Å². The summed E-state index contributed by atoms with van der Waals surface area (Å²) >= 11 is 0. The average Bonchev–Trinajstić information content (AvgIpc) is 3.59. The van der Waals surface area contributed by atoms with E-state index in [0.717, 1.165) is 35.5 Å². The van der Waals surface area contributed by atoms with Crippen LogP contribution in [-0.2, 0) is 4.79 Å². The number of carbonyl (C=O) groups excluding carboxylic acids is 2. The van der Waals surface area contributed by atoms with Crippen molar-refractivity contribution in [2.24, 2.45) is 0 Å². The number of aryl methyl sites for hydroxylation is 1. The summed E-state index contributed by atoms with van der Waals surface area (Å²) in [6.07, 6.45) is 5.33. The smallest absolute Gasteiger partial charge is 0.322 e. The van der Waals surface area contributed by atoms with E-state index in [1.165, 1.54) is 0 Å². The summed E-state index contributed by atoms with van der Waals surface area (Å²) in [5.74, 6) is 0.494. The highest BCUT2D eigenvalue weighted by Crippen LogP contribution is 2.42. The third kappa shape index (κ3) is 4.52. The molecule has 5 rings (SSSR count). The zero-order chi connectivity index (χ0) is 25.1. The first-order chi connectivity index (χ1) is 17.6. The van der Waals surface area contributed by atoms with Gasteiger partial charge in [-0.25, -0.2) is 4.79 Å². The van der Waals surface area contributed by atoms with Crippen LogP contribution >= 0.6 is 0 Å². The number of amides is 3. The molecule has 1 atom stereocenters. The van der Waals surface area contributed by atoms with Crippen LogP contribution in [0, 0.1) is 6.92 Å². The van der Waals surface area contributed by atoms with E-state index in [4.69, 9.17) is 4.42 Å². The summed E-state index contributed by atoms with van der Waals surface area (Å²) in [4.78, 5) is 30.6. The Morgan fingerprint density at radius 3 is 2.47 bits per heavy atom. The summed E-state index contributed by atoms with van der Waals surface area (Å²) < 4.78 is 7.89. The Morgan fingerprint density at radius 2 is 1.75 bits per heavy atom. The predicted molar refractivity (Wildman–Crippen MR) is 140 cm³/mol. The van der Waals surface area contributed by atoms with Crippen LogP contribution in [0.2, 0.25) is 0 Å². The van der Waals surface area contributed by atoms with Crippen LogP contribution in [0.3, 0.4) is 0 Å². The van der Waals surface area contributed by atoms with E-state index < -0.39 is 6.04 Å². The molecule has 0 bridgehead atoms. The van der Waals surface area contributed by atoms with E-state index >= 15 is 0 Å². The average molecular weight is 483 g/mol. The first-order valence-corrected chi connectivity index (χ1v) is 12.3. The zero-order valence-corrected chi connectivity index (χ0v) is 20.6. The molecule has 36 heavy (non-hydrogen) atoms. The number of hydrogen-bond donors (Lipinski definition) is 1. The summed E-state index contributed by atoms with van der Waals surface area (Å²) in [6.45, 7) is 4.50. The van der Waals surface area contributed by atoms with E-state index in [1.807, 2.05) is 85.9 Å². The number of anilines is 2. The largest absolute Gasteiger partial charge is 0.467 e. The second-order valence-electron chi connectivity index (χ2n) is 9.04. The second kappa shape index (κ2) is 10.2. The SMILES string of the molecule is CCCCN(CC(=O)N1c2ccccc2-n2cccc2C1c1ccco1)C(=O)Nc1ccc(C)cc1. The number of nitrogens with one attached hydrogen (secondary N) is 1. The molecule has 3 heterocycles. The molecule has 7 nitrogen and oxygen atoms in total. The highest BCUT2D eigenvalue weighted by molar-refractivity contribution is 6.01. The fourth-order valence-corrected chi connectivity index (χ4v) is 4.66. The number of benzene rings is 2. The lowest BCUT2D eigenvalue weighted by Crippen LogP contribution is -2.47. The third-order valence-electron chi connectivity index (χ3n) is 6.50. The van der Waals surface area contributed by atoms with Crippen molar-refractivity contribution in [2.75, 3.05) is 23.3 Å². The third-order valence-corrected chi connectivity index (χ3v) is 6.50. The molecule has 0 saturated carbocycles. The van der Waals surface area contributed by atoms with Crippen molar-refractivity contribution in [2.45, 2.75) is 32.7 Å². The van der Waals surface area contributed by atoms with Gasteiger partial charge in [0.1, 0.15) is 18.3 Å². The van der Waals surface area contributed by atoms with E-state index in [9.17, 15) is 9.59 Å². The summed E-state index contributed by atoms with van der Waals surface area (Å²) in [5.41, 5.74) is 4.44. The van der Waals surface area contributed by atoms with Crippen LogP contribution in [0.4, 0.5) is 16.2 Å². The fraction of sp³-hybridized carbons (Fsp3) is 0.241. The molecule has 3 amide bonds. The lowest BCUT2D eigenvalue weighted by Gasteiger charge is -2.38. The molecule has 0 fully saturated rings. The van der Waals surface area contributed by atoms with Gasteiger partial charge < -0.3 is 19.2 Å². The molecule has 0 saturated heterocycles. The Kier molecular flexibility index (Phi) is 6.62. The number of urea groups is 1. The van der Waals surface area contributed by atoms with Gasteiger partial charge in [-0.3, -0.25) is 9.69 Å². The molecule has 7 heteroatoms. The lowest BCUT2D eigenvalue weighted by atomic mass is 10.0. The van der Waals surface area contributed by atoms with Crippen molar-refractivity contribution in [3.63, 3.8) is 0 Å². The van der Waals surface area contributed by atoms with Crippen molar-refractivity contribution in [1.29, 1.82) is 0 Å². The van der Waals surface area contributed by atoms with Gasteiger partial charge in [0.2, 0.25) is 5.91 Å². The number of nitrogens with zero attached hydrogens (tertiary/aromatic N) is 3. The zero-order valence-electron chi connectivity index (χ0n) is 20.6. The molecule has 4 aromatic rings. The Bertz CT molecular complexity index is 1340. The second-order valence-corrected chi connectivity index (χ2v) is 9.04. The van der Waals surface area contributed by atoms with Crippen LogP contribution < -0.4 is 10.2 Å². The van der Waals surface area contributed by atoms with Crippen molar-refractivity contribution in [3.05, 3.63) is 102 Å². The Morgan fingerprint density at radius 1 is 0.972 bits per heavy atom. The van der Waals surface area contributed by atoms with Gasteiger partial charge in [-0.15, -0.1) is 0 Å². The fourth-order valence-electron chi connectivity index (χ4n) is 4.66. The number of hydrogen-bond acceptors (Lipinski definition) is 3. The minimum absolute atomic E-state index is 0.0516. The highest BCUT2D eigenvalue weighted by Gasteiger charge is 2.38. The Balaban J connectivity index is 1.47. The maximum absolute atomic E-state index is 14.0. The summed E-state index contributed by atoms with van der Waals surface area (Å²) in [7, 11) is 0. The van der Waals surface area contributed by atoms with Crippen molar-refractivity contribution >= 4 is 23.3 Å². The van der Waals surface area contributed by atoms with Crippen LogP contribution in [0.15, 0.2) is 89.7 Å². The molecule has 0 radical (unpaired) electrons. The number of para-hydroxylation sites is 2.